The fraction of sp³-hybridized carbons (Fsp3) is 0.375. The SMILES string of the molecule is COCCn1c(SCC(=O)Nc2cc([N+](=O)[O-])ccc2Cl)nc(C)c1C. The van der Waals surface area contributed by atoms with Gasteiger partial charge in [0.25, 0.3) is 5.69 Å². The van der Waals surface area contributed by atoms with E-state index in [-0.39, 0.29) is 28.1 Å². The maximum atomic E-state index is 12.2. The molecule has 0 saturated heterocycles. The third-order valence-corrected chi connectivity index (χ3v) is 5.01. The number of methoxy groups -OCH3 is 1. The predicted molar refractivity (Wildman–Crippen MR) is 101 cm³/mol. The van der Waals surface area contributed by atoms with Crippen molar-refractivity contribution in [3.05, 3.63) is 44.7 Å². The first-order chi connectivity index (χ1) is 12.3. The second-order valence-corrected chi connectivity index (χ2v) is 6.82. The second-order valence-electron chi connectivity index (χ2n) is 5.47. The van der Waals surface area contributed by atoms with Crippen molar-refractivity contribution in [2.75, 3.05) is 24.8 Å². The third kappa shape index (κ3) is 4.96. The molecule has 10 heteroatoms. The predicted octanol–water partition coefficient (Wildman–Crippen LogP) is 3.44. The number of ether oxygens (including phenoxy) is 1. The lowest BCUT2D eigenvalue weighted by Crippen LogP contribution is -2.15. The summed E-state index contributed by atoms with van der Waals surface area (Å²) in [4.78, 5) is 27.0. The van der Waals surface area contributed by atoms with Crippen molar-refractivity contribution in [3.63, 3.8) is 0 Å². The highest BCUT2D eigenvalue weighted by Crippen LogP contribution is 2.27. The number of imidazole rings is 1. The molecule has 0 aliphatic carbocycles. The van der Waals surface area contributed by atoms with Crippen molar-refractivity contribution < 1.29 is 14.5 Å². The summed E-state index contributed by atoms with van der Waals surface area (Å²) < 4.78 is 7.10. The fourth-order valence-corrected chi connectivity index (χ4v) is 3.30. The van der Waals surface area contributed by atoms with E-state index in [0.29, 0.717) is 13.2 Å². The maximum absolute atomic E-state index is 12.2. The molecule has 8 nitrogen and oxygen atoms in total. The van der Waals surface area contributed by atoms with Gasteiger partial charge in [-0.25, -0.2) is 4.98 Å². The molecule has 0 saturated carbocycles. The number of carbonyl (C=O) groups is 1. The number of amides is 1. The van der Waals surface area contributed by atoms with E-state index in [1.807, 2.05) is 18.4 Å². The van der Waals surface area contributed by atoms with Crippen molar-refractivity contribution in [1.29, 1.82) is 0 Å². The first kappa shape index (κ1) is 20.2. The Balaban J connectivity index is 2.05. The molecule has 0 bridgehead atoms. The summed E-state index contributed by atoms with van der Waals surface area (Å²) in [5.41, 5.74) is 1.98. The van der Waals surface area contributed by atoms with Crippen molar-refractivity contribution in [1.82, 2.24) is 9.55 Å². The summed E-state index contributed by atoms with van der Waals surface area (Å²) in [5, 5.41) is 14.4. The Morgan fingerprint density at radius 1 is 1.46 bits per heavy atom. The van der Waals surface area contributed by atoms with Crippen LogP contribution in [-0.2, 0) is 16.1 Å². The van der Waals surface area contributed by atoms with E-state index in [1.165, 1.54) is 30.0 Å². The van der Waals surface area contributed by atoms with E-state index in [0.717, 1.165) is 16.5 Å². The van der Waals surface area contributed by atoms with E-state index >= 15 is 0 Å². The highest BCUT2D eigenvalue weighted by Gasteiger charge is 2.15. The summed E-state index contributed by atoms with van der Waals surface area (Å²) in [5.74, 6) is -0.226. The van der Waals surface area contributed by atoms with Crippen LogP contribution in [0, 0.1) is 24.0 Å². The molecule has 0 fully saturated rings. The number of halogens is 1. The molecule has 0 unspecified atom stereocenters. The molecule has 1 aromatic heterocycles. The number of nitrogens with zero attached hydrogens (tertiary/aromatic N) is 3. The number of anilines is 1. The van der Waals surface area contributed by atoms with Crippen LogP contribution < -0.4 is 5.32 Å². The largest absolute Gasteiger partial charge is 0.383 e. The van der Waals surface area contributed by atoms with Crippen molar-refractivity contribution in [3.8, 4) is 0 Å². The molecule has 2 rings (SSSR count). The van der Waals surface area contributed by atoms with Crippen molar-refractivity contribution in [2.45, 2.75) is 25.5 Å². The van der Waals surface area contributed by atoms with Gasteiger partial charge in [-0.15, -0.1) is 0 Å². The van der Waals surface area contributed by atoms with Gasteiger partial charge in [0, 0.05) is 31.5 Å². The minimum Gasteiger partial charge on any atom is -0.383 e. The summed E-state index contributed by atoms with van der Waals surface area (Å²) in [6.07, 6.45) is 0. The molecule has 0 aliphatic heterocycles. The highest BCUT2D eigenvalue weighted by atomic mass is 35.5. The van der Waals surface area contributed by atoms with Gasteiger partial charge in [-0.1, -0.05) is 23.4 Å². The van der Waals surface area contributed by atoms with Gasteiger partial charge in [0.2, 0.25) is 5.91 Å². The Morgan fingerprint density at radius 2 is 2.19 bits per heavy atom. The number of thioether (sulfide) groups is 1. The Hall–Kier alpha value is -2.10. The Morgan fingerprint density at radius 3 is 2.85 bits per heavy atom. The molecular formula is C16H19ClN4O4S. The van der Waals surface area contributed by atoms with Crippen LogP contribution in [0.1, 0.15) is 11.4 Å². The van der Waals surface area contributed by atoms with Gasteiger partial charge in [-0.3, -0.25) is 14.9 Å². The van der Waals surface area contributed by atoms with Gasteiger partial charge in [0.15, 0.2) is 5.16 Å². The molecule has 0 radical (unpaired) electrons. The van der Waals surface area contributed by atoms with Crippen LogP contribution >= 0.6 is 23.4 Å². The molecule has 1 amide bonds. The van der Waals surface area contributed by atoms with E-state index < -0.39 is 4.92 Å². The van der Waals surface area contributed by atoms with Gasteiger partial charge in [-0.2, -0.15) is 0 Å². The number of rotatable bonds is 8. The zero-order valence-corrected chi connectivity index (χ0v) is 16.2. The number of nitro benzene ring substituents is 1. The van der Waals surface area contributed by atoms with E-state index in [9.17, 15) is 14.9 Å². The standard InChI is InChI=1S/C16H19ClN4O4S/c1-10-11(2)20(6-7-25-3)16(18-10)26-9-15(22)19-14-8-12(21(23)24)4-5-13(14)17/h4-5,8H,6-7,9H2,1-3H3,(H,19,22). The van der Waals surface area contributed by atoms with Crippen LogP contribution in [0.2, 0.25) is 5.02 Å². The molecule has 0 spiro atoms. The lowest BCUT2D eigenvalue weighted by Gasteiger charge is -2.10. The first-order valence-electron chi connectivity index (χ1n) is 7.72. The zero-order chi connectivity index (χ0) is 19.3. The maximum Gasteiger partial charge on any atom is 0.271 e. The number of carbonyl (C=O) groups excluding carboxylic acids is 1. The van der Waals surface area contributed by atoms with Crippen LogP contribution in [0.5, 0.6) is 0 Å². The minimum absolute atomic E-state index is 0.0991. The normalized spacial score (nSPS) is 10.8. The Kier molecular flexibility index (Phi) is 7.01. The van der Waals surface area contributed by atoms with Crippen molar-refractivity contribution >= 4 is 40.6 Å². The van der Waals surface area contributed by atoms with Crippen LogP contribution in [-0.4, -0.2) is 39.9 Å². The highest BCUT2D eigenvalue weighted by molar-refractivity contribution is 7.99. The van der Waals surface area contributed by atoms with Gasteiger partial charge in [0.1, 0.15) is 0 Å². The topological polar surface area (TPSA) is 99.3 Å². The number of benzene rings is 1. The lowest BCUT2D eigenvalue weighted by atomic mass is 10.3. The summed E-state index contributed by atoms with van der Waals surface area (Å²) in [6, 6.07) is 3.90. The monoisotopic (exact) mass is 398 g/mol. The molecule has 2 aromatic rings. The van der Waals surface area contributed by atoms with E-state index in [1.54, 1.807) is 7.11 Å². The van der Waals surface area contributed by atoms with Crippen LogP contribution in [0.25, 0.3) is 0 Å². The average Bonchev–Trinajstić information content (AvgIpc) is 2.87. The Labute approximate surface area is 160 Å². The molecular weight excluding hydrogens is 380 g/mol. The third-order valence-electron chi connectivity index (χ3n) is 3.71. The fourth-order valence-electron chi connectivity index (χ4n) is 2.22. The number of hydrogen-bond donors (Lipinski definition) is 1. The molecule has 0 aliphatic rings. The van der Waals surface area contributed by atoms with Crippen molar-refractivity contribution in [2.24, 2.45) is 0 Å². The molecule has 1 aromatic carbocycles. The van der Waals surface area contributed by atoms with Gasteiger partial charge >= 0.3 is 0 Å². The van der Waals surface area contributed by atoms with Gasteiger partial charge in [-0.05, 0) is 19.9 Å². The van der Waals surface area contributed by atoms with Crippen LogP contribution in [0.4, 0.5) is 11.4 Å². The number of aryl methyl sites for hydroxylation is 1. The number of nitrogens with one attached hydrogen (secondary N) is 1. The van der Waals surface area contributed by atoms with Crippen LogP contribution in [0.15, 0.2) is 23.4 Å². The van der Waals surface area contributed by atoms with E-state index in [2.05, 4.69) is 10.3 Å². The van der Waals surface area contributed by atoms with Gasteiger partial charge in [0.05, 0.1) is 33.7 Å². The average molecular weight is 399 g/mol. The number of aromatic nitrogens is 2. The summed E-state index contributed by atoms with van der Waals surface area (Å²) >= 11 is 7.28. The van der Waals surface area contributed by atoms with Gasteiger partial charge < -0.3 is 14.6 Å². The second kappa shape index (κ2) is 9.02. The number of hydrogen-bond acceptors (Lipinski definition) is 6. The molecule has 1 N–H and O–H groups in total. The van der Waals surface area contributed by atoms with E-state index in [4.69, 9.17) is 16.3 Å². The summed E-state index contributed by atoms with van der Waals surface area (Å²) in [6.45, 7) is 5.06. The quantitative estimate of drug-likeness (QED) is 0.415. The Bertz CT molecular complexity index is 825. The molecule has 140 valence electrons. The molecule has 26 heavy (non-hydrogen) atoms. The minimum atomic E-state index is -0.543. The summed E-state index contributed by atoms with van der Waals surface area (Å²) in [7, 11) is 1.63. The number of nitro groups is 1. The zero-order valence-electron chi connectivity index (χ0n) is 14.6. The molecule has 0 atom stereocenters. The first-order valence-corrected chi connectivity index (χ1v) is 9.09. The molecule has 1 heterocycles. The smallest absolute Gasteiger partial charge is 0.271 e. The number of non-ortho nitro benzene ring substituents is 1. The van der Waals surface area contributed by atoms with Crippen LogP contribution in [0.3, 0.4) is 0 Å². The lowest BCUT2D eigenvalue weighted by molar-refractivity contribution is -0.384.